The van der Waals surface area contributed by atoms with Gasteiger partial charge in [0, 0.05) is 29.9 Å². The molecule has 0 spiro atoms. The van der Waals surface area contributed by atoms with Gasteiger partial charge in [0.15, 0.2) is 0 Å². The summed E-state index contributed by atoms with van der Waals surface area (Å²) in [6.45, 7) is 3.72. The molecule has 1 aromatic heterocycles. The topological polar surface area (TPSA) is 175 Å². The molecule has 0 aliphatic heterocycles. The SMILES string of the molecule is CC(C)CC(NC(=O)C(N)CCC(=O)O)C(=O)NC(Cc1c[nH]c2ccccc12)C(=O)O. The third-order valence-electron chi connectivity index (χ3n) is 5.06. The normalized spacial score (nSPS) is 14.0. The summed E-state index contributed by atoms with van der Waals surface area (Å²) in [5, 5.41) is 24.3. The molecule has 10 nitrogen and oxygen atoms in total. The maximum absolute atomic E-state index is 12.9. The zero-order valence-electron chi connectivity index (χ0n) is 18.1. The third-order valence-corrected chi connectivity index (χ3v) is 5.06. The number of carboxylic acids is 2. The van der Waals surface area contributed by atoms with E-state index in [-0.39, 0.29) is 31.6 Å². The van der Waals surface area contributed by atoms with E-state index in [1.54, 1.807) is 6.20 Å². The van der Waals surface area contributed by atoms with Crippen molar-refractivity contribution in [3.63, 3.8) is 0 Å². The molecular weight excluding hydrogens is 416 g/mol. The first kappa shape index (κ1) is 24.9. The van der Waals surface area contributed by atoms with Gasteiger partial charge in [0.05, 0.1) is 6.04 Å². The standard InChI is InChI=1S/C22H30N4O6/c1-12(2)9-17(25-20(29)15(23)7-8-19(27)28)21(30)26-18(22(31)32)10-13-11-24-16-6-4-3-5-14(13)16/h3-6,11-12,15,17-18,24H,7-10,23H2,1-2H3,(H,25,29)(H,26,30)(H,27,28)(H,31,32). The first-order chi connectivity index (χ1) is 15.1. The van der Waals surface area contributed by atoms with Crippen LogP contribution in [0.15, 0.2) is 30.5 Å². The quantitative estimate of drug-likeness (QED) is 0.282. The van der Waals surface area contributed by atoms with E-state index in [0.717, 1.165) is 16.5 Å². The molecule has 3 unspecified atom stereocenters. The number of rotatable bonds is 12. The second kappa shape index (κ2) is 11.3. The van der Waals surface area contributed by atoms with Crippen molar-refractivity contribution in [2.75, 3.05) is 0 Å². The number of nitrogens with one attached hydrogen (secondary N) is 3. The fourth-order valence-corrected chi connectivity index (χ4v) is 3.38. The number of fused-ring (bicyclic) bond motifs is 1. The first-order valence-electron chi connectivity index (χ1n) is 10.4. The van der Waals surface area contributed by atoms with Gasteiger partial charge in [0.2, 0.25) is 11.8 Å². The molecular formula is C22H30N4O6. The lowest BCUT2D eigenvalue weighted by Gasteiger charge is -2.24. The predicted molar refractivity (Wildman–Crippen MR) is 118 cm³/mol. The molecule has 2 rings (SSSR count). The maximum atomic E-state index is 12.9. The zero-order chi connectivity index (χ0) is 23.8. The van der Waals surface area contributed by atoms with Crippen molar-refractivity contribution >= 4 is 34.7 Å². The van der Waals surface area contributed by atoms with Gasteiger partial charge >= 0.3 is 11.9 Å². The monoisotopic (exact) mass is 446 g/mol. The minimum absolute atomic E-state index is 0.0261. The van der Waals surface area contributed by atoms with E-state index in [4.69, 9.17) is 10.8 Å². The number of hydrogen-bond donors (Lipinski definition) is 6. The molecule has 3 atom stereocenters. The van der Waals surface area contributed by atoms with Crippen LogP contribution in [-0.4, -0.2) is 57.1 Å². The van der Waals surface area contributed by atoms with E-state index in [1.807, 2.05) is 38.1 Å². The highest BCUT2D eigenvalue weighted by Gasteiger charge is 2.29. The molecule has 7 N–H and O–H groups in total. The third kappa shape index (κ3) is 7.09. The predicted octanol–water partition coefficient (Wildman–Crippen LogP) is 1.00. The molecule has 0 fully saturated rings. The number of aromatic nitrogens is 1. The molecule has 0 aliphatic rings. The van der Waals surface area contributed by atoms with E-state index < -0.39 is 41.9 Å². The van der Waals surface area contributed by atoms with Crippen LogP contribution in [0.3, 0.4) is 0 Å². The number of aliphatic carboxylic acids is 2. The number of H-pyrrole nitrogens is 1. The van der Waals surface area contributed by atoms with Crippen LogP contribution >= 0.6 is 0 Å². The fraction of sp³-hybridized carbons (Fsp3) is 0.455. The van der Waals surface area contributed by atoms with Gasteiger partial charge in [-0.2, -0.15) is 0 Å². The van der Waals surface area contributed by atoms with Crippen molar-refractivity contribution in [2.24, 2.45) is 11.7 Å². The lowest BCUT2D eigenvalue weighted by Crippen LogP contribution is -2.55. The van der Waals surface area contributed by atoms with Crippen LogP contribution in [0.5, 0.6) is 0 Å². The van der Waals surface area contributed by atoms with Crippen LogP contribution in [-0.2, 0) is 25.6 Å². The summed E-state index contributed by atoms with van der Waals surface area (Å²) in [6.07, 6.45) is 1.69. The lowest BCUT2D eigenvalue weighted by molar-refractivity contribution is -0.142. The summed E-state index contributed by atoms with van der Waals surface area (Å²) in [4.78, 5) is 50.8. The Morgan fingerprint density at radius 3 is 2.31 bits per heavy atom. The van der Waals surface area contributed by atoms with Crippen molar-refractivity contribution in [3.05, 3.63) is 36.0 Å². The first-order valence-corrected chi connectivity index (χ1v) is 10.4. The molecule has 174 valence electrons. The number of amides is 2. The van der Waals surface area contributed by atoms with E-state index >= 15 is 0 Å². The highest BCUT2D eigenvalue weighted by Crippen LogP contribution is 2.19. The molecule has 0 saturated carbocycles. The molecule has 1 heterocycles. The zero-order valence-corrected chi connectivity index (χ0v) is 18.1. The highest BCUT2D eigenvalue weighted by molar-refractivity contribution is 5.92. The molecule has 2 amide bonds. The summed E-state index contributed by atoms with van der Waals surface area (Å²) in [7, 11) is 0. The summed E-state index contributed by atoms with van der Waals surface area (Å²) in [5.74, 6) is -3.54. The Morgan fingerprint density at radius 1 is 1.03 bits per heavy atom. The number of hydrogen-bond acceptors (Lipinski definition) is 5. The molecule has 1 aromatic carbocycles. The van der Waals surface area contributed by atoms with Crippen molar-refractivity contribution in [2.45, 2.75) is 57.7 Å². The van der Waals surface area contributed by atoms with Crippen LogP contribution in [0.25, 0.3) is 10.9 Å². The summed E-state index contributed by atoms with van der Waals surface area (Å²) in [6, 6.07) is 4.15. The second-order valence-corrected chi connectivity index (χ2v) is 8.19. The molecule has 0 radical (unpaired) electrons. The Morgan fingerprint density at radius 2 is 1.69 bits per heavy atom. The van der Waals surface area contributed by atoms with Gasteiger partial charge in [-0.1, -0.05) is 32.0 Å². The summed E-state index contributed by atoms with van der Waals surface area (Å²) >= 11 is 0. The molecule has 0 saturated heterocycles. The van der Waals surface area contributed by atoms with Gasteiger partial charge < -0.3 is 31.6 Å². The second-order valence-electron chi connectivity index (χ2n) is 8.19. The van der Waals surface area contributed by atoms with Crippen LogP contribution in [0.1, 0.15) is 38.7 Å². The Kier molecular flexibility index (Phi) is 8.77. The Labute approximate surface area is 185 Å². The van der Waals surface area contributed by atoms with Crippen molar-refractivity contribution in [1.82, 2.24) is 15.6 Å². The molecule has 32 heavy (non-hydrogen) atoms. The van der Waals surface area contributed by atoms with Gasteiger partial charge in [-0.25, -0.2) is 4.79 Å². The number of nitrogens with two attached hydrogens (primary N) is 1. The smallest absolute Gasteiger partial charge is 0.326 e. The van der Waals surface area contributed by atoms with E-state index in [1.165, 1.54) is 0 Å². The Balaban J connectivity index is 2.10. The Bertz CT molecular complexity index is 970. The number of carboxylic acid groups (broad SMARTS) is 2. The molecule has 0 aliphatic carbocycles. The van der Waals surface area contributed by atoms with Crippen LogP contribution in [0.4, 0.5) is 0 Å². The van der Waals surface area contributed by atoms with Gasteiger partial charge in [0.25, 0.3) is 0 Å². The maximum Gasteiger partial charge on any atom is 0.326 e. The fourth-order valence-electron chi connectivity index (χ4n) is 3.38. The average molecular weight is 447 g/mol. The van der Waals surface area contributed by atoms with Crippen LogP contribution in [0.2, 0.25) is 0 Å². The van der Waals surface area contributed by atoms with E-state index in [0.29, 0.717) is 0 Å². The minimum Gasteiger partial charge on any atom is -0.481 e. The van der Waals surface area contributed by atoms with Gasteiger partial charge in [-0.3, -0.25) is 14.4 Å². The van der Waals surface area contributed by atoms with Crippen LogP contribution < -0.4 is 16.4 Å². The Hall–Kier alpha value is -3.40. The highest BCUT2D eigenvalue weighted by atomic mass is 16.4. The number of para-hydroxylation sites is 1. The molecule has 10 heteroatoms. The summed E-state index contributed by atoms with van der Waals surface area (Å²) in [5.41, 5.74) is 7.34. The average Bonchev–Trinajstić information content (AvgIpc) is 3.13. The van der Waals surface area contributed by atoms with Crippen molar-refractivity contribution in [3.8, 4) is 0 Å². The number of carbonyl (C=O) groups is 4. The lowest BCUT2D eigenvalue weighted by atomic mass is 10.0. The van der Waals surface area contributed by atoms with Gasteiger partial charge in [-0.15, -0.1) is 0 Å². The summed E-state index contributed by atoms with van der Waals surface area (Å²) < 4.78 is 0. The van der Waals surface area contributed by atoms with Crippen LogP contribution in [0, 0.1) is 5.92 Å². The van der Waals surface area contributed by atoms with Crippen molar-refractivity contribution in [1.29, 1.82) is 0 Å². The van der Waals surface area contributed by atoms with Gasteiger partial charge in [-0.05, 0) is 30.4 Å². The molecule has 0 bridgehead atoms. The number of carbonyl (C=O) groups excluding carboxylic acids is 2. The minimum atomic E-state index is -1.20. The van der Waals surface area contributed by atoms with Crippen molar-refractivity contribution < 1.29 is 29.4 Å². The van der Waals surface area contributed by atoms with Gasteiger partial charge in [0.1, 0.15) is 12.1 Å². The number of benzene rings is 1. The van der Waals surface area contributed by atoms with E-state index in [2.05, 4.69) is 15.6 Å². The largest absolute Gasteiger partial charge is 0.481 e. The number of aromatic amines is 1. The molecule has 2 aromatic rings. The van der Waals surface area contributed by atoms with E-state index in [9.17, 15) is 24.3 Å².